The van der Waals surface area contributed by atoms with Gasteiger partial charge in [-0.05, 0) is 41.2 Å². The number of nitrogens with zero attached hydrogens (tertiary/aromatic N) is 2. The molecule has 3 rings (SSSR count). The molecule has 8 heteroatoms. The summed E-state index contributed by atoms with van der Waals surface area (Å²) in [5.74, 6) is 0.265. The zero-order valence-corrected chi connectivity index (χ0v) is 18.0. The van der Waals surface area contributed by atoms with Gasteiger partial charge in [-0.3, -0.25) is 0 Å². The van der Waals surface area contributed by atoms with Crippen molar-refractivity contribution in [1.29, 1.82) is 0 Å². The average molecular weight is 443 g/mol. The zero-order chi connectivity index (χ0) is 23.3. The van der Waals surface area contributed by atoms with Crippen LogP contribution in [0.4, 0.5) is 19.1 Å². The molecule has 1 N–H and O–H groups in total. The Morgan fingerprint density at radius 2 is 1.50 bits per heavy atom. The first kappa shape index (κ1) is 23.2. The predicted molar refractivity (Wildman–Crippen MR) is 116 cm³/mol. The van der Waals surface area contributed by atoms with E-state index in [9.17, 15) is 18.0 Å². The number of hydrogen-bond donors (Lipinski definition) is 1. The van der Waals surface area contributed by atoms with E-state index in [0.29, 0.717) is 17.4 Å². The van der Waals surface area contributed by atoms with Crippen LogP contribution in [-0.4, -0.2) is 23.0 Å². The number of carbonyl (C=O) groups is 1. The summed E-state index contributed by atoms with van der Waals surface area (Å²) in [6.45, 7) is 4.21. The maximum atomic E-state index is 12.8. The van der Waals surface area contributed by atoms with Crippen LogP contribution in [0.25, 0.3) is 11.1 Å². The lowest BCUT2D eigenvalue weighted by Gasteiger charge is -2.21. The van der Waals surface area contributed by atoms with E-state index in [1.807, 2.05) is 24.3 Å². The van der Waals surface area contributed by atoms with Gasteiger partial charge in [-0.2, -0.15) is 13.2 Å². The van der Waals surface area contributed by atoms with Crippen LogP contribution < -0.4 is 5.32 Å². The Morgan fingerprint density at radius 1 is 0.969 bits per heavy atom. The highest BCUT2D eigenvalue weighted by molar-refractivity contribution is 5.88. The second-order valence-corrected chi connectivity index (χ2v) is 7.81. The third-order valence-corrected chi connectivity index (χ3v) is 4.94. The van der Waals surface area contributed by atoms with E-state index in [1.165, 1.54) is 31.6 Å². The molecule has 0 aliphatic rings. The van der Waals surface area contributed by atoms with Crippen molar-refractivity contribution >= 4 is 11.9 Å². The van der Waals surface area contributed by atoms with E-state index < -0.39 is 17.7 Å². The van der Waals surface area contributed by atoms with Gasteiger partial charge in [-0.15, -0.1) is 0 Å². The van der Waals surface area contributed by atoms with Crippen molar-refractivity contribution < 1.29 is 22.7 Å². The van der Waals surface area contributed by atoms with E-state index in [4.69, 9.17) is 0 Å². The molecule has 0 radical (unpaired) electrons. The SMILES string of the molecule is COC(=O)c1cnc(NC(CC(C)C)c2ccc(-c3ccc(C(F)(F)F)cc3)cc2)nc1. The highest BCUT2D eigenvalue weighted by atomic mass is 19.4. The number of carbonyl (C=O) groups excluding carboxylic acids is 1. The fourth-order valence-electron chi connectivity index (χ4n) is 3.29. The monoisotopic (exact) mass is 443 g/mol. The second kappa shape index (κ2) is 9.80. The summed E-state index contributed by atoms with van der Waals surface area (Å²) >= 11 is 0. The molecule has 1 atom stereocenters. The summed E-state index contributed by atoms with van der Waals surface area (Å²) in [5.41, 5.74) is 2.12. The van der Waals surface area contributed by atoms with Gasteiger partial charge in [0, 0.05) is 12.4 Å². The Labute approximate surface area is 184 Å². The molecule has 0 amide bonds. The quantitative estimate of drug-likeness (QED) is 0.444. The molecule has 3 aromatic rings. The van der Waals surface area contributed by atoms with Gasteiger partial charge >= 0.3 is 12.1 Å². The molecule has 0 spiro atoms. The van der Waals surface area contributed by atoms with Gasteiger partial charge in [0.1, 0.15) is 0 Å². The molecule has 0 aliphatic heterocycles. The number of methoxy groups -OCH3 is 1. The van der Waals surface area contributed by atoms with E-state index >= 15 is 0 Å². The first-order chi connectivity index (χ1) is 15.2. The van der Waals surface area contributed by atoms with Crippen molar-refractivity contribution in [3.05, 3.63) is 77.6 Å². The highest BCUT2D eigenvalue weighted by Crippen LogP contribution is 2.32. The molecule has 0 saturated heterocycles. The zero-order valence-electron chi connectivity index (χ0n) is 18.0. The summed E-state index contributed by atoms with van der Waals surface area (Å²) in [4.78, 5) is 19.9. The lowest BCUT2D eigenvalue weighted by atomic mass is 9.95. The van der Waals surface area contributed by atoms with Crippen LogP contribution in [0.3, 0.4) is 0 Å². The van der Waals surface area contributed by atoms with E-state index in [-0.39, 0.29) is 11.6 Å². The first-order valence-corrected chi connectivity index (χ1v) is 10.1. The number of alkyl halides is 3. The van der Waals surface area contributed by atoms with Crippen molar-refractivity contribution in [3.8, 4) is 11.1 Å². The minimum absolute atomic E-state index is 0.0827. The van der Waals surface area contributed by atoms with Gasteiger partial charge in [-0.1, -0.05) is 50.2 Å². The Hall–Kier alpha value is -3.42. The van der Waals surface area contributed by atoms with Crippen LogP contribution in [0.15, 0.2) is 60.9 Å². The van der Waals surface area contributed by atoms with Crippen LogP contribution in [-0.2, 0) is 10.9 Å². The number of hydrogen-bond acceptors (Lipinski definition) is 5. The number of nitrogens with one attached hydrogen (secondary N) is 1. The number of ether oxygens (including phenoxy) is 1. The van der Waals surface area contributed by atoms with Crippen molar-refractivity contribution in [2.24, 2.45) is 5.92 Å². The molecule has 1 aromatic heterocycles. The van der Waals surface area contributed by atoms with Crippen molar-refractivity contribution in [2.75, 3.05) is 12.4 Å². The van der Waals surface area contributed by atoms with Gasteiger partial charge in [-0.25, -0.2) is 14.8 Å². The van der Waals surface area contributed by atoms with Gasteiger partial charge in [0.2, 0.25) is 5.95 Å². The molecule has 2 aromatic carbocycles. The van der Waals surface area contributed by atoms with Gasteiger partial charge in [0.25, 0.3) is 0 Å². The van der Waals surface area contributed by atoms with Gasteiger partial charge in [0.15, 0.2) is 0 Å². The van der Waals surface area contributed by atoms with Crippen molar-refractivity contribution in [1.82, 2.24) is 9.97 Å². The van der Waals surface area contributed by atoms with Crippen LogP contribution in [0, 0.1) is 5.92 Å². The highest BCUT2D eigenvalue weighted by Gasteiger charge is 2.30. The molecule has 0 saturated carbocycles. The molecule has 32 heavy (non-hydrogen) atoms. The molecule has 168 valence electrons. The molecular weight excluding hydrogens is 419 g/mol. The number of rotatable bonds is 7. The summed E-state index contributed by atoms with van der Waals surface area (Å²) in [6, 6.07) is 12.7. The van der Waals surface area contributed by atoms with E-state index in [0.717, 1.165) is 29.7 Å². The summed E-state index contributed by atoms with van der Waals surface area (Å²) in [6.07, 6.45) is -0.737. The largest absolute Gasteiger partial charge is 0.465 e. The van der Waals surface area contributed by atoms with E-state index in [2.05, 4.69) is 33.9 Å². The van der Waals surface area contributed by atoms with Crippen LogP contribution in [0.1, 0.15) is 47.8 Å². The van der Waals surface area contributed by atoms with Gasteiger partial charge in [0.05, 0.1) is 24.3 Å². The maximum Gasteiger partial charge on any atom is 0.416 e. The second-order valence-electron chi connectivity index (χ2n) is 7.81. The Morgan fingerprint density at radius 3 is 1.97 bits per heavy atom. The van der Waals surface area contributed by atoms with Crippen LogP contribution in [0.5, 0.6) is 0 Å². The standard InChI is InChI=1S/C24H24F3N3O2/c1-15(2)12-21(30-23-28-13-19(14-29-23)22(31)32-3)18-6-4-16(5-7-18)17-8-10-20(11-9-17)24(25,26)27/h4-11,13-15,21H,12H2,1-3H3,(H,28,29,30). The third kappa shape index (κ3) is 5.84. The third-order valence-electron chi connectivity index (χ3n) is 4.94. The van der Waals surface area contributed by atoms with E-state index in [1.54, 1.807) is 0 Å². The molecule has 1 heterocycles. The topological polar surface area (TPSA) is 64.1 Å². The molecule has 0 aliphatic carbocycles. The minimum atomic E-state index is -4.35. The lowest BCUT2D eigenvalue weighted by molar-refractivity contribution is -0.137. The van der Waals surface area contributed by atoms with Crippen molar-refractivity contribution in [3.63, 3.8) is 0 Å². The number of halogens is 3. The maximum absolute atomic E-state index is 12.8. The molecule has 0 bridgehead atoms. The van der Waals surface area contributed by atoms with Gasteiger partial charge < -0.3 is 10.1 Å². The number of anilines is 1. The molecule has 5 nitrogen and oxygen atoms in total. The number of aromatic nitrogens is 2. The summed E-state index contributed by atoms with van der Waals surface area (Å²) in [7, 11) is 1.29. The minimum Gasteiger partial charge on any atom is -0.465 e. The Bertz CT molecular complexity index is 1030. The molecule has 1 unspecified atom stereocenters. The van der Waals surface area contributed by atoms with Crippen LogP contribution in [0.2, 0.25) is 0 Å². The smallest absolute Gasteiger partial charge is 0.416 e. The predicted octanol–water partition coefficient (Wildman–Crippen LogP) is 6.15. The first-order valence-electron chi connectivity index (χ1n) is 10.1. The fourth-order valence-corrected chi connectivity index (χ4v) is 3.29. The summed E-state index contributed by atoms with van der Waals surface area (Å²) in [5, 5.41) is 3.29. The average Bonchev–Trinajstić information content (AvgIpc) is 2.78. The Balaban J connectivity index is 1.78. The lowest BCUT2D eigenvalue weighted by Crippen LogP contribution is -2.15. The van der Waals surface area contributed by atoms with Crippen LogP contribution >= 0.6 is 0 Å². The normalized spacial score (nSPS) is 12.5. The van der Waals surface area contributed by atoms with Crippen molar-refractivity contribution in [2.45, 2.75) is 32.5 Å². The summed E-state index contributed by atoms with van der Waals surface area (Å²) < 4.78 is 43.0. The number of esters is 1. The molecular formula is C24H24F3N3O2. The number of benzene rings is 2. The molecule has 0 fully saturated rings. The Kier molecular flexibility index (Phi) is 7.12. The fraction of sp³-hybridized carbons (Fsp3) is 0.292.